The van der Waals surface area contributed by atoms with Crippen LogP contribution in [-0.2, 0) is 32.6 Å². The summed E-state index contributed by atoms with van der Waals surface area (Å²) in [6, 6.07) is 28.9. The number of para-hydroxylation sites is 1. The lowest BCUT2D eigenvalue weighted by Gasteiger charge is -2.34. The number of benzene rings is 4. The lowest BCUT2D eigenvalue weighted by molar-refractivity contribution is -0.140. The van der Waals surface area contributed by atoms with Gasteiger partial charge in [0.15, 0.2) is 0 Å². The van der Waals surface area contributed by atoms with Crippen molar-refractivity contribution in [2.75, 3.05) is 10.8 Å². The summed E-state index contributed by atoms with van der Waals surface area (Å²) in [6.07, 6.45) is 0.820. The normalized spacial score (nSPS) is 12.6. The van der Waals surface area contributed by atoms with E-state index in [1.807, 2.05) is 44.2 Å². The highest BCUT2D eigenvalue weighted by molar-refractivity contribution is 7.92. The molecule has 0 spiro atoms. The van der Waals surface area contributed by atoms with Gasteiger partial charge >= 0.3 is 0 Å². The van der Waals surface area contributed by atoms with Crippen molar-refractivity contribution in [2.45, 2.75) is 57.1 Å². The number of hydrogen-bond acceptors (Lipinski definition) is 4. The van der Waals surface area contributed by atoms with Crippen LogP contribution in [0.4, 0.5) is 10.1 Å². The number of carbonyl (C=O) groups is 2. The molecule has 4 aromatic rings. The van der Waals surface area contributed by atoms with Crippen molar-refractivity contribution in [2.24, 2.45) is 0 Å². The van der Waals surface area contributed by atoms with Crippen LogP contribution in [0.5, 0.6) is 0 Å². The van der Waals surface area contributed by atoms with Crippen molar-refractivity contribution in [3.8, 4) is 0 Å². The van der Waals surface area contributed by atoms with E-state index in [1.54, 1.807) is 67.6 Å². The maximum absolute atomic E-state index is 15.0. The van der Waals surface area contributed by atoms with Gasteiger partial charge in [-0.15, -0.1) is 0 Å². The molecule has 0 aliphatic carbocycles. The molecule has 0 saturated carbocycles. The van der Waals surface area contributed by atoms with Crippen molar-refractivity contribution in [3.63, 3.8) is 0 Å². The van der Waals surface area contributed by atoms with Gasteiger partial charge < -0.3 is 10.2 Å². The van der Waals surface area contributed by atoms with Gasteiger partial charge in [-0.2, -0.15) is 0 Å². The summed E-state index contributed by atoms with van der Waals surface area (Å²) in [5, 5.41) is 2.98. The third-order valence-corrected chi connectivity index (χ3v) is 9.34. The van der Waals surface area contributed by atoms with Crippen molar-refractivity contribution < 1.29 is 22.4 Å². The molecule has 0 aliphatic rings. The quantitative estimate of drug-likeness (QED) is 0.203. The van der Waals surface area contributed by atoms with Gasteiger partial charge in [-0.05, 0) is 55.7 Å². The molecule has 0 aromatic heterocycles. The monoisotopic (exact) mass is 615 g/mol. The second kappa shape index (κ2) is 14.8. The van der Waals surface area contributed by atoms with Crippen LogP contribution in [0.2, 0.25) is 0 Å². The van der Waals surface area contributed by atoms with Gasteiger partial charge in [0.25, 0.3) is 10.0 Å². The number of nitrogens with one attached hydrogen (secondary N) is 1. The smallest absolute Gasteiger partial charge is 0.264 e. The van der Waals surface area contributed by atoms with Gasteiger partial charge in [0, 0.05) is 24.6 Å². The Kier molecular flexibility index (Phi) is 10.9. The van der Waals surface area contributed by atoms with Crippen molar-refractivity contribution in [1.29, 1.82) is 0 Å². The average molecular weight is 616 g/mol. The highest BCUT2D eigenvalue weighted by Gasteiger charge is 2.35. The number of sulfonamides is 1. The Morgan fingerprint density at radius 3 is 2.07 bits per heavy atom. The first kappa shape index (κ1) is 32.4. The fourth-order valence-corrected chi connectivity index (χ4v) is 6.38. The summed E-state index contributed by atoms with van der Waals surface area (Å²) in [4.78, 5) is 29.6. The number of anilines is 1. The van der Waals surface area contributed by atoms with E-state index in [0.29, 0.717) is 17.7 Å². The molecule has 4 aromatic carbocycles. The van der Waals surface area contributed by atoms with E-state index < -0.39 is 40.2 Å². The molecular formula is C35H38FN3O4S. The summed E-state index contributed by atoms with van der Waals surface area (Å²) in [6.45, 7) is 4.74. The number of aryl methyl sites for hydroxylation is 1. The average Bonchev–Trinajstić information content (AvgIpc) is 3.03. The molecule has 0 radical (unpaired) electrons. The zero-order valence-electron chi connectivity index (χ0n) is 25.2. The number of carbonyl (C=O) groups excluding carboxylic acids is 2. The first-order valence-electron chi connectivity index (χ1n) is 14.6. The highest BCUT2D eigenvalue weighted by Crippen LogP contribution is 2.28. The van der Waals surface area contributed by atoms with Crippen LogP contribution in [0.3, 0.4) is 0 Å². The number of nitrogens with zero attached hydrogens (tertiary/aromatic N) is 2. The minimum atomic E-state index is -4.20. The summed E-state index contributed by atoms with van der Waals surface area (Å²) in [5.41, 5.74) is 1.99. The molecular weight excluding hydrogens is 577 g/mol. The third-order valence-electron chi connectivity index (χ3n) is 7.56. The van der Waals surface area contributed by atoms with Crippen molar-refractivity contribution in [1.82, 2.24) is 10.2 Å². The summed E-state index contributed by atoms with van der Waals surface area (Å²) in [5.74, 6) is -1.57. The lowest BCUT2D eigenvalue weighted by Crippen LogP contribution is -2.54. The van der Waals surface area contributed by atoms with Crippen molar-refractivity contribution in [3.05, 3.63) is 132 Å². The van der Waals surface area contributed by atoms with Crippen LogP contribution in [0.25, 0.3) is 0 Å². The number of amides is 2. The second-order valence-electron chi connectivity index (χ2n) is 10.7. The maximum atomic E-state index is 15.0. The van der Waals surface area contributed by atoms with Crippen LogP contribution < -0.4 is 9.62 Å². The standard InChI is InChI=1S/C35H38FN3O4S/c1-4-27(3)37-35(41)33(23-28-16-7-5-8-17-28)38(24-29-18-12-13-21-31(29)36)34(40)25-39(32-22-14-11-15-26(32)2)44(42,43)30-19-9-6-10-20-30/h5-22,27,33H,4,23-25H2,1-3H3,(H,37,41)/t27-,33+/m1/s1. The summed E-state index contributed by atoms with van der Waals surface area (Å²) < 4.78 is 44.2. The minimum Gasteiger partial charge on any atom is -0.352 e. The van der Waals surface area contributed by atoms with Gasteiger partial charge in [0.2, 0.25) is 11.8 Å². The summed E-state index contributed by atoms with van der Waals surface area (Å²) >= 11 is 0. The Labute approximate surface area is 259 Å². The van der Waals surface area contributed by atoms with Gasteiger partial charge in [0.05, 0.1) is 10.6 Å². The van der Waals surface area contributed by atoms with Crippen LogP contribution >= 0.6 is 0 Å². The van der Waals surface area contributed by atoms with Crippen LogP contribution in [0, 0.1) is 12.7 Å². The first-order chi connectivity index (χ1) is 21.1. The fourth-order valence-electron chi connectivity index (χ4n) is 4.88. The van der Waals surface area contributed by atoms with Gasteiger partial charge in [0.1, 0.15) is 18.4 Å². The minimum absolute atomic E-state index is 0.0204. The van der Waals surface area contributed by atoms with E-state index in [2.05, 4.69) is 5.32 Å². The topological polar surface area (TPSA) is 86.8 Å². The molecule has 44 heavy (non-hydrogen) atoms. The van der Waals surface area contributed by atoms with E-state index in [1.165, 1.54) is 23.1 Å². The van der Waals surface area contributed by atoms with Gasteiger partial charge in [-0.3, -0.25) is 13.9 Å². The van der Waals surface area contributed by atoms with Crippen LogP contribution in [-0.4, -0.2) is 43.8 Å². The predicted molar refractivity (Wildman–Crippen MR) is 171 cm³/mol. The second-order valence-corrected chi connectivity index (χ2v) is 12.6. The molecule has 1 N–H and O–H groups in total. The molecule has 0 bridgehead atoms. The SMILES string of the molecule is CC[C@@H](C)NC(=O)[C@H](Cc1ccccc1)N(Cc1ccccc1F)C(=O)CN(c1ccccc1C)S(=O)(=O)c1ccccc1. The van der Waals surface area contributed by atoms with Crippen LogP contribution in [0.15, 0.2) is 114 Å². The summed E-state index contributed by atoms with van der Waals surface area (Å²) in [7, 11) is -4.20. The maximum Gasteiger partial charge on any atom is 0.264 e. The van der Waals surface area contributed by atoms with E-state index in [-0.39, 0.29) is 29.5 Å². The Morgan fingerprint density at radius 1 is 0.841 bits per heavy atom. The molecule has 2 atom stereocenters. The molecule has 0 fully saturated rings. The Bertz CT molecular complexity index is 1670. The molecule has 2 amide bonds. The zero-order valence-corrected chi connectivity index (χ0v) is 26.0. The Hall–Kier alpha value is -4.50. The fraction of sp³-hybridized carbons (Fsp3) is 0.257. The van der Waals surface area contributed by atoms with E-state index in [4.69, 9.17) is 0 Å². The Morgan fingerprint density at radius 2 is 1.43 bits per heavy atom. The first-order valence-corrected chi connectivity index (χ1v) is 16.1. The van der Waals surface area contributed by atoms with Gasteiger partial charge in [-0.1, -0.05) is 91.9 Å². The molecule has 9 heteroatoms. The molecule has 0 saturated heterocycles. The highest BCUT2D eigenvalue weighted by atomic mass is 32.2. The zero-order chi connectivity index (χ0) is 31.7. The Balaban J connectivity index is 1.82. The van der Waals surface area contributed by atoms with E-state index in [9.17, 15) is 18.0 Å². The number of halogens is 1. The molecule has 230 valence electrons. The molecule has 4 rings (SSSR count). The van der Waals surface area contributed by atoms with E-state index in [0.717, 1.165) is 9.87 Å². The lowest BCUT2D eigenvalue weighted by atomic mass is 10.0. The van der Waals surface area contributed by atoms with Crippen LogP contribution in [0.1, 0.15) is 37.0 Å². The predicted octanol–water partition coefficient (Wildman–Crippen LogP) is 5.88. The molecule has 0 heterocycles. The number of rotatable bonds is 13. The van der Waals surface area contributed by atoms with Crippen molar-refractivity contribution >= 4 is 27.5 Å². The molecule has 0 unspecified atom stereocenters. The molecule has 0 aliphatic heterocycles. The number of hydrogen-bond donors (Lipinski definition) is 1. The van der Waals surface area contributed by atoms with Gasteiger partial charge in [-0.25, -0.2) is 12.8 Å². The largest absolute Gasteiger partial charge is 0.352 e. The van der Waals surface area contributed by atoms with E-state index >= 15 is 4.39 Å². The third kappa shape index (κ3) is 7.90. The molecule has 7 nitrogen and oxygen atoms in total.